The lowest BCUT2D eigenvalue weighted by molar-refractivity contribution is -0.256. The molecule has 0 saturated carbocycles. The third-order valence-electron chi connectivity index (χ3n) is 5.72. The summed E-state index contributed by atoms with van der Waals surface area (Å²) >= 11 is 0. The van der Waals surface area contributed by atoms with E-state index in [0.29, 0.717) is 6.42 Å². The van der Waals surface area contributed by atoms with Crippen molar-refractivity contribution in [2.45, 2.75) is 121 Å². The number of ether oxygens (including phenoxy) is 2. The molecule has 0 aromatic rings. The maximum Gasteiger partial charge on any atom is 0.372 e. The van der Waals surface area contributed by atoms with E-state index in [1.807, 2.05) is 0 Å². The lowest BCUT2D eigenvalue weighted by atomic mass is 10.0. The van der Waals surface area contributed by atoms with Crippen LogP contribution in [0.15, 0.2) is 0 Å². The van der Waals surface area contributed by atoms with Crippen LogP contribution in [0.1, 0.15) is 96.8 Å². The number of aliphatic hydroxyl groups excluding tert-OH is 3. The third-order valence-corrected chi connectivity index (χ3v) is 5.72. The van der Waals surface area contributed by atoms with Gasteiger partial charge >= 0.3 is 5.97 Å². The SMILES string of the molecule is CCCCCCCCCCCCCCCC(O)C(O)(O)C(=O)OC1(C(O)CO)CO1. The van der Waals surface area contributed by atoms with Gasteiger partial charge in [0.05, 0.1) is 6.61 Å². The maximum absolute atomic E-state index is 12.0. The Balaban J connectivity index is 2.07. The minimum Gasteiger partial charge on any atom is -0.423 e. The van der Waals surface area contributed by atoms with Crippen LogP contribution >= 0.6 is 0 Å². The van der Waals surface area contributed by atoms with Crippen LogP contribution in [0.3, 0.4) is 0 Å². The molecule has 1 aliphatic heterocycles. The largest absolute Gasteiger partial charge is 0.423 e. The number of rotatable bonds is 19. The predicted octanol–water partition coefficient (Wildman–Crippen LogP) is 2.13. The minimum atomic E-state index is -3.09. The van der Waals surface area contributed by atoms with E-state index in [1.165, 1.54) is 57.8 Å². The second-order valence-corrected chi connectivity index (χ2v) is 8.46. The number of hydrogen-bond acceptors (Lipinski definition) is 8. The molecule has 3 atom stereocenters. The topological polar surface area (TPSA) is 140 Å². The van der Waals surface area contributed by atoms with Crippen LogP contribution in [0, 0.1) is 0 Å². The molecule has 0 amide bonds. The van der Waals surface area contributed by atoms with E-state index < -0.39 is 36.4 Å². The van der Waals surface area contributed by atoms with E-state index in [2.05, 4.69) is 6.92 Å². The summed E-state index contributed by atoms with van der Waals surface area (Å²) in [6.45, 7) is 1.36. The van der Waals surface area contributed by atoms with Crippen molar-refractivity contribution in [1.29, 1.82) is 0 Å². The van der Waals surface area contributed by atoms with Crippen molar-refractivity contribution in [3.05, 3.63) is 0 Å². The number of carbonyl (C=O) groups is 1. The third kappa shape index (κ3) is 9.58. The van der Waals surface area contributed by atoms with E-state index in [-0.39, 0.29) is 13.0 Å². The number of epoxide rings is 1. The van der Waals surface area contributed by atoms with Gasteiger partial charge in [0, 0.05) is 0 Å². The first-order valence-corrected chi connectivity index (χ1v) is 11.6. The van der Waals surface area contributed by atoms with E-state index in [4.69, 9.17) is 14.6 Å². The van der Waals surface area contributed by atoms with E-state index in [0.717, 1.165) is 19.3 Å². The van der Waals surface area contributed by atoms with Crippen molar-refractivity contribution < 1.29 is 39.8 Å². The molecule has 0 aliphatic carbocycles. The fourth-order valence-corrected chi connectivity index (χ4v) is 3.45. The van der Waals surface area contributed by atoms with Crippen molar-refractivity contribution in [3.8, 4) is 0 Å². The Hall–Kier alpha value is -0.770. The molecule has 8 heteroatoms. The summed E-state index contributed by atoms with van der Waals surface area (Å²) in [5.74, 6) is -6.36. The maximum atomic E-state index is 12.0. The van der Waals surface area contributed by atoms with E-state index in [9.17, 15) is 25.2 Å². The summed E-state index contributed by atoms with van der Waals surface area (Å²) in [6.07, 6.45) is 12.0. The molecule has 0 bridgehead atoms. The van der Waals surface area contributed by atoms with Gasteiger partial charge in [-0.1, -0.05) is 90.4 Å². The Labute approximate surface area is 180 Å². The number of unbranched alkanes of at least 4 members (excludes halogenated alkanes) is 12. The number of hydrogen-bond donors (Lipinski definition) is 5. The van der Waals surface area contributed by atoms with Crippen LogP contribution in [-0.4, -0.2) is 68.5 Å². The molecular formula is C22H42O8. The molecule has 1 rings (SSSR count). The number of aliphatic hydroxyl groups is 5. The molecule has 1 fully saturated rings. The standard InChI is InChI=1S/C22H42O8/c1-2-3-4-5-6-7-8-9-10-11-12-13-14-15-18(24)22(27,28)20(26)30-21(17-29-21)19(25)16-23/h18-19,23-25,27-28H,2-17H2,1H3. The molecule has 5 N–H and O–H groups in total. The quantitative estimate of drug-likeness (QED) is 0.0901. The van der Waals surface area contributed by atoms with E-state index >= 15 is 0 Å². The molecule has 30 heavy (non-hydrogen) atoms. The molecule has 1 aliphatic rings. The van der Waals surface area contributed by atoms with Crippen LogP contribution in [0.5, 0.6) is 0 Å². The predicted molar refractivity (Wildman–Crippen MR) is 111 cm³/mol. The highest BCUT2D eigenvalue weighted by Gasteiger charge is 2.58. The van der Waals surface area contributed by atoms with Gasteiger partial charge in [0.25, 0.3) is 11.6 Å². The monoisotopic (exact) mass is 434 g/mol. The Morgan fingerprint density at radius 1 is 0.933 bits per heavy atom. The molecular weight excluding hydrogens is 392 g/mol. The van der Waals surface area contributed by atoms with Crippen molar-refractivity contribution in [2.75, 3.05) is 13.2 Å². The van der Waals surface area contributed by atoms with Gasteiger partial charge in [-0.05, 0) is 6.42 Å². The Kier molecular flexibility index (Phi) is 13.0. The molecule has 0 aromatic carbocycles. The minimum absolute atomic E-state index is 0.0380. The normalized spacial score (nSPS) is 20.7. The summed E-state index contributed by atoms with van der Waals surface area (Å²) in [7, 11) is 0. The smallest absolute Gasteiger partial charge is 0.372 e. The van der Waals surface area contributed by atoms with Crippen molar-refractivity contribution >= 4 is 5.97 Å². The second kappa shape index (κ2) is 14.3. The van der Waals surface area contributed by atoms with Gasteiger partial charge in [0.15, 0.2) is 0 Å². The van der Waals surface area contributed by atoms with Crippen molar-refractivity contribution in [3.63, 3.8) is 0 Å². The van der Waals surface area contributed by atoms with Gasteiger partial charge in [-0.2, -0.15) is 0 Å². The summed E-state index contributed by atoms with van der Waals surface area (Å²) in [4.78, 5) is 12.0. The van der Waals surface area contributed by atoms with Crippen LogP contribution in [0.2, 0.25) is 0 Å². The second-order valence-electron chi connectivity index (χ2n) is 8.46. The lowest BCUT2D eigenvalue weighted by Gasteiger charge is -2.27. The fourth-order valence-electron chi connectivity index (χ4n) is 3.45. The molecule has 0 aromatic heterocycles. The number of esters is 1. The summed E-state index contributed by atoms with van der Waals surface area (Å²) < 4.78 is 9.60. The fraction of sp³-hybridized carbons (Fsp3) is 0.955. The van der Waals surface area contributed by atoms with Crippen LogP contribution in [0.4, 0.5) is 0 Å². The molecule has 3 unspecified atom stereocenters. The molecule has 0 radical (unpaired) electrons. The first-order chi connectivity index (χ1) is 14.3. The molecule has 0 spiro atoms. The zero-order valence-electron chi connectivity index (χ0n) is 18.4. The summed E-state index contributed by atoms with van der Waals surface area (Å²) in [6, 6.07) is 0. The van der Waals surface area contributed by atoms with Gasteiger partial charge < -0.3 is 35.0 Å². The van der Waals surface area contributed by atoms with Crippen LogP contribution in [0.25, 0.3) is 0 Å². The van der Waals surface area contributed by atoms with Crippen molar-refractivity contribution in [1.82, 2.24) is 0 Å². The van der Waals surface area contributed by atoms with Gasteiger partial charge in [0.1, 0.15) is 18.8 Å². The molecule has 8 nitrogen and oxygen atoms in total. The molecule has 1 saturated heterocycles. The molecule has 178 valence electrons. The molecule has 1 heterocycles. The Bertz CT molecular complexity index is 464. The summed E-state index contributed by atoms with van der Waals surface area (Å²) in [5.41, 5.74) is 0. The first kappa shape index (κ1) is 27.3. The van der Waals surface area contributed by atoms with E-state index in [1.54, 1.807) is 0 Å². The highest BCUT2D eigenvalue weighted by Crippen LogP contribution is 2.34. The lowest BCUT2D eigenvalue weighted by Crippen LogP contribution is -2.53. The average Bonchev–Trinajstić information content (AvgIpc) is 3.51. The highest BCUT2D eigenvalue weighted by molar-refractivity contribution is 5.78. The van der Waals surface area contributed by atoms with Gasteiger partial charge in [0.2, 0.25) is 0 Å². The van der Waals surface area contributed by atoms with Crippen LogP contribution in [-0.2, 0) is 14.3 Å². The van der Waals surface area contributed by atoms with Gasteiger partial charge in [-0.25, -0.2) is 4.79 Å². The first-order valence-electron chi connectivity index (χ1n) is 11.6. The van der Waals surface area contributed by atoms with Crippen LogP contribution < -0.4 is 0 Å². The van der Waals surface area contributed by atoms with Gasteiger partial charge in [-0.3, -0.25) is 0 Å². The van der Waals surface area contributed by atoms with Gasteiger partial charge in [-0.15, -0.1) is 0 Å². The Morgan fingerprint density at radius 3 is 1.77 bits per heavy atom. The summed E-state index contributed by atoms with van der Waals surface area (Å²) in [5, 5.41) is 48.3. The average molecular weight is 435 g/mol. The highest BCUT2D eigenvalue weighted by atomic mass is 16.8. The zero-order chi connectivity index (χ0) is 22.5. The number of carbonyl (C=O) groups excluding carboxylic acids is 1. The Morgan fingerprint density at radius 2 is 1.37 bits per heavy atom. The zero-order valence-corrected chi connectivity index (χ0v) is 18.4. The van der Waals surface area contributed by atoms with Crippen molar-refractivity contribution in [2.24, 2.45) is 0 Å².